The lowest BCUT2D eigenvalue weighted by Gasteiger charge is -2.08. The Kier molecular flexibility index (Phi) is 3.64. The Morgan fingerprint density at radius 1 is 1.24 bits per heavy atom. The minimum Gasteiger partial charge on any atom is -0.492 e. The minimum absolute atomic E-state index is 0.448. The molecule has 0 bridgehead atoms. The number of ether oxygens (including phenoxy) is 1. The Morgan fingerprint density at radius 2 is 2.05 bits per heavy atom. The summed E-state index contributed by atoms with van der Waals surface area (Å²) in [5, 5.41) is 5.13. The molecule has 0 saturated heterocycles. The van der Waals surface area contributed by atoms with E-state index in [2.05, 4.69) is 10.1 Å². The number of pyridine rings is 1. The van der Waals surface area contributed by atoms with Gasteiger partial charge in [0.25, 0.3) is 0 Å². The van der Waals surface area contributed by atoms with Gasteiger partial charge in [0, 0.05) is 6.20 Å². The summed E-state index contributed by atoms with van der Waals surface area (Å²) in [5.41, 5.74) is 2.30. The third-order valence-corrected chi connectivity index (χ3v) is 3.24. The lowest BCUT2D eigenvalue weighted by atomic mass is 10.2. The van der Waals surface area contributed by atoms with Crippen LogP contribution < -0.4 is 4.74 Å². The Bertz CT molecular complexity index is 766. The van der Waals surface area contributed by atoms with Crippen LogP contribution >= 0.6 is 0 Å². The van der Waals surface area contributed by atoms with Crippen molar-refractivity contribution in [2.75, 3.05) is 6.61 Å². The molecule has 0 amide bonds. The second-order valence-corrected chi connectivity index (χ2v) is 4.62. The van der Waals surface area contributed by atoms with Gasteiger partial charge in [-0.3, -0.25) is 4.79 Å². The standard InChI is InChI=1S/C16H15N3O2/c1-2-21-15-13(11-20)8-17-16-14(15)9-18-19(16)10-12-6-4-3-5-7-12/h3-9,11H,2,10H2,1H3. The molecule has 0 aliphatic heterocycles. The SMILES string of the molecule is CCOc1c(C=O)cnc2c1cnn2Cc1ccccc1. The number of rotatable bonds is 5. The van der Waals surface area contributed by atoms with E-state index in [0.29, 0.717) is 30.1 Å². The number of benzene rings is 1. The number of aromatic nitrogens is 3. The molecule has 2 heterocycles. The molecule has 0 unspecified atom stereocenters. The summed E-state index contributed by atoms with van der Waals surface area (Å²) in [6.07, 6.45) is 3.98. The lowest BCUT2D eigenvalue weighted by Crippen LogP contribution is -2.03. The Morgan fingerprint density at radius 3 is 2.76 bits per heavy atom. The molecule has 3 rings (SSSR count). The highest BCUT2D eigenvalue weighted by Gasteiger charge is 2.14. The molecular formula is C16H15N3O2. The van der Waals surface area contributed by atoms with Crippen LogP contribution in [0.15, 0.2) is 42.7 Å². The van der Waals surface area contributed by atoms with Crippen LogP contribution in [0.3, 0.4) is 0 Å². The summed E-state index contributed by atoms with van der Waals surface area (Å²) in [6, 6.07) is 10.0. The maximum atomic E-state index is 11.1. The number of hydrogen-bond acceptors (Lipinski definition) is 4. The van der Waals surface area contributed by atoms with Crippen molar-refractivity contribution in [3.05, 3.63) is 53.9 Å². The van der Waals surface area contributed by atoms with Crippen LogP contribution in [0.4, 0.5) is 0 Å². The number of aldehydes is 1. The fourth-order valence-corrected chi connectivity index (χ4v) is 2.28. The van der Waals surface area contributed by atoms with Crippen molar-refractivity contribution in [3.63, 3.8) is 0 Å². The van der Waals surface area contributed by atoms with Crippen LogP contribution in [0.25, 0.3) is 11.0 Å². The van der Waals surface area contributed by atoms with Gasteiger partial charge in [-0.2, -0.15) is 5.10 Å². The van der Waals surface area contributed by atoms with Gasteiger partial charge in [0.05, 0.1) is 30.3 Å². The van der Waals surface area contributed by atoms with E-state index in [0.717, 1.165) is 17.2 Å². The van der Waals surface area contributed by atoms with Gasteiger partial charge in [0.15, 0.2) is 11.9 Å². The molecule has 0 atom stereocenters. The van der Waals surface area contributed by atoms with Gasteiger partial charge < -0.3 is 4.74 Å². The molecule has 3 aromatic rings. The summed E-state index contributed by atoms with van der Waals surface area (Å²) in [5.74, 6) is 0.553. The normalized spacial score (nSPS) is 10.7. The molecule has 0 N–H and O–H groups in total. The third kappa shape index (κ3) is 2.50. The van der Waals surface area contributed by atoms with Crippen molar-refractivity contribution in [3.8, 4) is 5.75 Å². The first-order valence-electron chi connectivity index (χ1n) is 6.80. The van der Waals surface area contributed by atoms with Crippen molar-refractivity contribution in [1.29, 1.82) is 0 Å². The molecular weight excluding hydrogens is 266 g/mol. The molecule has 0 saturated carbocycles. The van der Waals surface area contributed by atoms with E-state index in [4.69, 9.17) is 4.74 Å². The summed E-state index contributed by atoms with van der Waals surface area (Å²) in [6.45, 7) is 3.00. The fraction of sp³-hybridized carbons (Fsp3) is 0.188. The topological polar surface area (TPSA) is 57.0 Å². The zero-order valence-electron chi connectivity index (χ0n) is 11.7. The van der Waals surface area contributed by atoms with Gasteiger partial charge in [-0.15, -0.1) is 0 Å². The van der Waals surface area contributed by atoms with Crippen LogP contribution in [-0.2, 0) is 6.54 Å². The molecule has 0 spiro atoms. The summed E-state index contributed by atoms with van der Waals surface area (Å²) in [7, 11) is 0. The highest BCUT2D eigenvalue weighted by Crippen LogP contribution is 2.27. The average Bonchev–Trinajstić information content (AvgIpc) is 2.92. The van der Waals surface area contributed by atoms with Gasteiger partial charge in [0.2, 0.25) is 0 Å². The number of carbonyl (C=O) groups is 1. The summed E-state index contributed by atoms with van der Waals surface area (Å²) in [4.78, 5) is 15.4. The number of fused-ring (bicyclic) bond motifs is 1. The Balaban J connectivity index is 2.06. The smallest absolute Gasteiger partial charge is 0.161 e. The molecule has 21 heavy (non-hydrogen) atoms. The highest BCUT2D eigenvalue weighted by molar-refractivity contribution is 5.92. The number of carbonyl (C=O) groups excluding carboxylic acids is 1. The average molecular weight is 281 g/mol. The van der Waals surface area contributed by atoms with Gasteiger partial charge >= 0.3 is 0 Å². The van der Waals surface area contributed by atoms with Crippen LogP contribution in [-0.4, -0.2) is 27.7 Å². The fourth-order valence-electron chi connectivity index (χ4n) is 2.28. The maximum absolute atomic E-state index is 11.1. The number of hydrogen-bond donors (Lipinski definition) is 0. The highest BCUT2D eigenvalue weighted by atomic mass is 16.5. The zero-order valence-corrected chi connectivity index (χ0v) is 11.7. The predicted molar refractivity (Wildman–Crippen MR) is 79.6 cm³/mol. The molecule has 0 fully saturated rings. The van der Waals surface area contributed by atoms with E-state index >= 15 is 0 Å². The second kappa shape index (κ2) is 5.75. The monoisotopic (exact) mass is 281 g/mol. The quantitative estimate of drug-likeness (QED) is 0.675. The number of nitrogens with zero attached hydrogens (tertiary/aromatic N) is 3. The Hall–Kier alpha value is -2.69. The first kappa shape index (κ1) is 13.3. The molecule has 0 aliphatic carbocycles. The van der Waals surface area contributed by atoms with Crippen LogP contribution in [0.1, 0.15) is 22.8 Å². The van der Waals surface area contributed by atoms with Crippen molar-refractivity contribution < 1.29 is 9.53 Å². The molecule has 2 aromatic heterocycles. The van der Waals surface area contributed by atoms with E-state index in [1.807, 2.05) is 41.9 Å². The zero-order chi connectivity index (χ0) is 14.7. The predicted octanol–water partition coefficient (Wildman–Crippen LogP) is 2.69. The van der Waals surface area contributed by atoms with E-state index in [-0.39, 0.29) is 0 Å². The van der Waals surface area contributed by atoms with E-state index in [1.165, 1.54) is 6.20 Å². The third-order valence-electron chi connectivity index (χ3n) is 3.24. The van der Waals surface area contributed by atoms with E-state index in [1.54, 1.807) is 6.20 Å². The maximum Gasteiger partial charge on any atom is 0.161 e. The van der Waals surface area contributed by atoms with Gasteiger partial charge in [0.1, 0.15) is 5.75 Å². The van der Waals surface area contributed by atoms with Gasteiger partial charge in [-0.1, -0.05) is 30.3 Å². The van der Waals surface area contributed by atoms with Crippen LogP contribution in [0.5, 0.6) is 5.75 Å². The minimum atomic E-state index is 0.448. The first-order valence-corrected chi connectivity index (χ1v) is 6.80. The van der Waals surface area contributed by atoms with E-state index < -0.39 is 0 Å². The molecule has 1 aromatic carbocycles. The molecule has 5 heteroatoms. The van der Waals surface area contributed by atoms with Crippen LogP contribution in [0, 0.1) is 0 Å². The van der Waals surface area contributed by atoms with Gasteiger partial charge in [-0.25, -0.2) is 9.67 Å². The van der Waals surface area contributed by atoms with Crippen molar-refractivity contribution in [2.45, 2.75) is 13.5 Å². The van der Waals surface area contributed by atoms with Crippen molar-refractivity contribution >= 4 is 17.3 Å². The van der Waals surface area contributed by atoms with E-state index in [9.17, 15) is 4.79 Å². The molecule has 106 valence electrons. The van der Waals surface area contributed by atoms with Gasteiger partial charge in [-0.05, 0) is 12.5 Å². The molecule has 0 radical (unpaired) electrons. The first-order chi connectivity index (χ1) is 10.3. The van der Waals surface area contributed by atoms with Crippen molar-refractivity contribution in [2.24, 2.45) is 0 Å². The summed E-state index contributed by atoms with van der Waals surface area (Å²) >= 11 is 0. The van der Waals surface area contributed by atoms with Crippen LogP contribution in [0.2, 0.25) is 0 Å². The second-order valence-electron chi connectivity index (χ2n) is 4.62. The Labute approximate surface area is 122 Å². The molecule has 0 aliphatic rings. The largest absolute Gasteiger partial charge is 0.492 e. The lowest BCUT2D eigenvalue weighted by molar-refractivity contribution is 0.112. The molecule has 5 nitrogen and oxygen atoms in total. The summed E-state index contributed by atoms with van der Waals surface area (Å²) < 4.78 is 7.39. The van der Waals surface area contributed by atoms with Crippen molar-refractivity contribution in [1.82, 2.24) is 14.8 Å².